The van der Waals surface area contributed by atoms with E-state index < -0.39 is 5.92 Å². The summed E-state index contributed by atoms with van der Waals surface area (Å²) in [6.45, 7) is 1.07. The van der Waals surface area contributed by atoms with Crippen LogP contribution in [0.1, 0.15) is 17.0 Å². The third-order valence-electron chi connectivity index (χ3n) is 4.74. The average molecular weight is 451 g/mol. The maximum absolute atomic E-state index is 12.4. The van der Waals surface area contributed by atoms with Gasteiger partial charge in [0.05, 0.1) is 17.7 Å². The second-order valence-electron chi connectivity index (χ2n) is 6.85. The molecular weight excluding hydrogens is 432 g/mol. The summed E-state index contributed by atoms with van der Waals surface area (Å²) in [6, 6.07) is 22.6. The van der Waals surface area contributed by atoms with Crippen molar-refractivity contribution in [2.24, 2.45) is 0 Å². The largest absolute Gasteiger partial charge is 0.486 e. The number of carbonyl (C=O) groups is 1. The van der Waals surface area contributed by atoms with Gasteiger partial charge in [0.25, 0.3) is 0 Å². The van der Waals surface area contributed by atoms with Crippen LogP contribution in [-0.4, -0.2) is 24.9 Å². The molecule has 1 aliphatic rings. The number of ether oxygens (including phenoxy) is 2. The molecule has 156 valence electrons. The zero-order valence-corrected chi connectivity index (χ0v) is 18.1. The lowest BCUT2D eigenvalue weighted by Gasteiger charge is -2.18. The monoisotopic (exact) mass is 450 g/mol. The Balaban J connectivity index is 1.39. The maximum Gasteiger partial charge on any atom is 0.234 e. The molecule has 1 amide bonds. The number of halogens is 1. The number of hydrogen-bond acceptors (Lipinski definition) is 5. The molecule has 0 radical (unpaired) electrons. The molecule has 31 heavy (non-hydrogen) atoms. The molecule has 1 N–H and O–H groups in total. The van der Waals surface area contributed by atoms with Gasteiger partial charge in [0.1, 0.15) is 13.2 Å². The Morgan fingerprint density at radius 2 is 1.84 bits per heavy atom. The Labute approximate surface area is 189 Å². The number of benzene rings is 3. The molecule has 0 saturated heterocycles. The Kier molecular flexibility index (Phi) is 6.66. The van der Waals surface area contributed by atoms with Crippen molar-refractivity contribution in [1.82, 2.24) is 0 Å². The fourth-order valence-corrected chi connectivity index (χ4v) is 4.28. The molecule has 1 aliphatic heterocycles. The van der Waals surface area contributed by atoms with Gasteiger partial charge in [0, 0.05) is 15.6 Å². The van der Waals surface area contributed by atoms with Crippen LogP contribution in [0.15, 0.2) is 71.6 Å². The number of nitriles is 1. The van der Waals surface area contributed by atoms with E-state index in [0.717, 1.165) is 16.2 Å². The minimum absolute atomic E-state index is 0.149. The summed E-state index contributed by atoms with van der Waals surface area (Å²) in [5, 5.41) is 12.9. The molecule has 3 aromatic carbocycles. The van der Waals surface area contributed by atoms with E-state index in [1.165, 1.54) is 11.8 Å². The van der Waals surface area contributed by atoms with Crippen molar-refractivity contribution < 1.29 is 14.3 Å². The minimum Gasteiger partial charge on any atom is -0.486 e. The number of carbonyl (C=O) groups excluding carboxylic acids is 1. The van der Waals surface area contributed by atoms with E-state index >= 15 is 0 Å². The van der Waals surface area contributed by atoms with Gasteiger partial charge in [-0.05, 0) is 41.5 Å². The highest BCUT2D eigenvalue weighted by atomic mass is 35.5. The van der Waals surface area contributed by atoms with E-state index in [1.54, 1.807) is 18.2 Å². The zero-order chi connectivity index (χ0) is 21.6. The number of thioether (sulfide) groups is 1. The van der Waals surface area contributed by atoms with Crippen molar-refractivity contribution in [1.29, 1.82) is 5.26 Å². The smallest absolute Gasteiger partial charge is 0.234 e. The first-order valence-corrected chi connectivity index (χ1v) is 11.1. The molecule has 0 bridgehead atoms. The summed E-state index contributed by atoms with van der Waals surface area (Å²) in [5.41, 5.74) is 2.17. The molecule has 1 unspecified atom stereocenters. The van der Waals surface area contributed by atoms with Crippen molar-refractivity contribution >= 4 is 35.0 Å². The summed E-state index contributed by atoms with van der Waals surface area (Å²) in [7, 11) is 0. The van der Waals surface area contributed by atoms with Gasteiger partial charge in [-0.2, -0.15) is 5.26 Å². The molecule has 7 heteroatoms. The molecule has 5 nitrogen and oxygen atoms in total. The highest BCUT2D eigenvalue weighted by Gasteiger charge is 2.17. The number of rotatable bonds is 6. The molecule has 3 aromatic rings. The molecule has 0 aliphatic carbocycles. The molecule has 0 spiro atoms. The topological polar surface area (TPSA) is 71.4 Å². The van der Waals surface area contributed by atoms with Crippen LogP contribution in [0, 0.1) is 11.3 Å². The Hall–Kier alpha value is -3.14. The Bertz CT molecular complexity index is 1130. The first-order valence-electron chi connectivity index (χ1n) is 9.70. The summed E-state index contributed by atoms with van der Waals surface area (Å²) in [5.74, 6) is 1.04. The fraction of sp³-hybridized carbons (Fsp3) is 0.167. The Morgan fingerprint density at radius 1 is 1.06 bits per heavy atom. The second-order valence-corrected chi connectivity index (χ2v) is 8.31. The highest BCUT2D eigenvalue weighted by molar-refractivity contribution is 8.00. The lowest BCUT2D eigenvalue weighted by atomic mass is 9.92. The summed E-state index contributed by atoms with van der Waals surface area (Å²) < 4.78 is 11.1. The molecule has 1 heterocycles. The molecule has 0 saturated carbocycles. The average Bonchev–Trinajstić information content (AvgIpc) is 2.80. The summed E-state index contributed by atoms with van der Waals surface area (Å²) in [6.07, 6.45) is 0. The van der Waals surface area contributed by atoms with E-state index in [-0.39, 0.29) is 11.7 Å². The third kappa shape index (κ3) is 5.13. The van der Waals surface area contributed by atoms with Crippen molar-refractivity contribution in [2.45, 2.75) is 10.8 Å². The number of fused-ring (bicyclic) bond motifs is 1. The van der Waals surface area contributed by atoms with E-state index in [9.17, 15) is 10.1 Å². The third-order valence-corrected chi connectivity index (χ3v) is 6.06. The van der Waals surface area contributed by atoms with E-state index in [0.29, 0.717) is 35.2 Å². The van der Waals surface area contributed by atoms with Gasteiger partial charge in [-0.15, -0.1) is 11.8 Å². The van der Waals surface area contributed by atoms with Crippen LogP contribution in [0.25, 0.3) is 0 Å². The SMILES string of the molecule is N#CC(c1ccccc1)c1ccc(NC(=O)CSc2ccc3c(c2)OCCO3)cc1Cl. The van der Waals surface area contributed by atoms with Gasteiger partial charge in [-0.3, -0.25) is 4.79 Å². The quantitative estimate of drug-likeness (QED) is 0.502. The number of anilines is 1. The zero-order valence-electron chi connectivity index (χ0n) is 16.5. The van der Waals surface area contributed by atoms with E-state index in [4.69, 9.17) is 21.1 Å². The van der Waals surface area contributed by atoms with Gasteiger partial charge in [-0.25, -0.2) is 0 Å². The van der Waals surface area contributed by atoms with Crippen molar-refractivity contribution in [3.8, 4) is 17.6 Å². The predicted molar refractivity (Wildman–Crippen MR) is 122 cm³/mol. The molecule has 0 aromatic heterocycles. The first-order chi connectivity index (χ1) is 15.1. The van der Waals surface area contributed by atoms with Crippen LogP contribution in [0.2, 0.25) is 5.02 Å². The summed E-state index contributed by atoms with van der Waals surface area (Å²) >= 11 is 7.85. The van der Waals surface area contributed by atoms with E-state index in [2.05, 4.69) is 11.4 Å². The molecule has 4 rings (SSSR count). The van der Waals surface area contributed by atoms with Gasteiger partial charge in [0.2, 0.25) is 5.91 Å². The second kappa shape index (κ2) is 9.78. The molecular formula is C24H19ClN2O3S. The number of nitrogens with one attached hydrogen (secondary N) is 1. The van der Waals surface area contributed by atoms with Crippen molar-refractivity contribution in [3.05, 3.63) is 82.9 Å². The normalized spacial score (nSPS) is 13.2. The highest BCUT2D eigenvalue weighted by Crippen LogP contribution is 2.34. The van der Waals surface area contributed by atoms with Gasteiger partial charge in [0.15, 0.2) is 11.5 Å². The predicted octanol–water partition coefficient (Wildman–Crippen LogP) is 5.50. The minimum atomic E-state index is -0.468. The van der Waals surface area contributed by atoms with Gasteiger partial charge in [-0.1, -0.05) is 48.0 Å². The van der Waals surface area contributed by atoms with Gasteiger partial charge < -0.3 is 14.8 Å². The van der Waals surface area contributed by atoms with Crippen LogP contribution in [0.4, 0.5) is 5.69 Å². The van der Waals surface area contributed by atoms with Crippen molar-refractivity contribution in [2.75, 3.05) is 24.3 Å². The maximum atomic E-state index is 12.4. The molecule has 0 fully saturated rings. The Morgan fingerprint density at radius 3 is 2.58 bits per heavy atom. The first kappa shape index (κ1) is 21.1. The van der Waals surface area contributed by atoms with Crippen LogP contribution in [0.5, 0.6) is 11.5 Å². The van der Waals surface area contributed by atoms with Crippen molar-refractivity contribution in [3.63, 3.8) is 0 Å². The van der Waals surface area contributed by atoms with Crippen LogP contribution in [0.3, 0.4) is 0 Å². The van der Waals surface area contributed by atoms with Crippen LogP contribution < -0.4 is 14.8 Å². The van der Waals surface area contributed by atoms with Crippen LogP contribution in [-0.2, 0) is 4.79 Å². The lowest BCUT2D eigenvalue weighted by Crippen LogP contribution is -2.15. The lowest BCUT2D eigenvalue weighted by molar-refractivity contribution is -0.113. The van der Waals surface area contributed by atoms with Gasteiger partial charge >= 0.3 is 0 Å². The number of amides is 1. The molecule has 1 atom stereocenters. The number of hydrogen-bond donors (Lipinski definition) is 1. The fourth-order valence-electron chi connectivity index (χ4n) is 3.27. The number of nitrogens with zero attached hydrogens (tertiary/aromatic N) is 1. The van der Waals surface area contributed by atoms with E-state index in [1.807, 2.05) is 48.5 Å². The summed E-state index contributed by atoms with van der Waals surface area (Å²) in [4.78, 5) is 13.3. The van der Waals surface area contributed by atoms with Crippen LogP contribution >= 0.6 is 23.4 Å². The standard InChI is InChI=1S/C24H19ClN2O3S/c25-21-12-17(6-8-19(21)20(14-26)16-4-2-1-3-5-16)27-24(28)15-31-18-7-9-22-23(13-18)30-11-10-29-22/h1-9,12-13,20H,10-11,15H2,(H,27,28).